The van der Waals surface area contributed by atoms with Crippen molar-refractivity contribution in [3.05, 3.63) is 24.5 Å². The Morgan fingerprint density at radius 2 is 1.80 bits per heavy atom. The highest BCUT2D eigenvalue weighted by Gasteiger charge is 2.39. The zero-order valence-corrected chi connectivity index (χ0v) is 14.4. The molecule has 2 unspecified atom stereocenters. The number of hydrogen-bond donors (Lipinski definition) is 2. The van der Waals surface area contributed by atoms with Gasteiger partial charge < -0.3 is 15.5 Å². The summed E-state index contributed by atoms with van der Waals surface area (Å²) < 4.78 is 0. The standard InChI is InChI=1S/C18H24N4O3/c1-12-10-15(12)18(25)20-11-16(23)22-8-4-13(5-9-22)17(24)21-14-2-6-19-7-3-14/h2-3,6-7,12-13,15H,4-5,8-11H2,1H3,(H,20,25)(H,19,21,24). The van der Waals surface area contributed by atoms with Gasteiger partial charge in [-0.15, -0.1) is 0 Å². The Balaban J connectivity index is 1.39. The van der Waals surface area contributed by atoms with Gasteiger partial charge in [0.1, 0.15) is 0 Å². The summed E-state index contributed by atoms with van der Waals surface area (Å²) in [6.07, 6.45) is 5.45. The topological polar surface area (TPSA) is 91.4 Å². The van der Waals surface area contributed by atoms with E-state index in [9.17, 15) is 14.4 Å². The van der Waals surface area contributed by atoms with E-state index in [1.165, 1.54) is 0 Å². The van der Waals surface area contributed by atoms with Gasteiger partial charge in [0, 0.05) is 43.0 Å². The molecular formula is C18H24N4O3. The lowest BCUT2D eigenvalue weighted by Gasteiger charge is -2.31. The van der Waals surface area contributed by atoms with Crippen molar-refractivity contribution in [2.24, 2.45) is 17.8 Å². The first-order valence-electron chi connectivity index (χ1n) is 8.81. The molecule has 1 saturated carbocycles. The second-order valence-corrected chi connectivity index (χ2v) is 6.92. The van der Waals surface area contributed by atoms with E-state index >= 15 is 0 Å². The number of likely N-dealkylation sites (tertiary alicyclic amines) is 1. The molecule has 1 saturated heterocycles. The number of anilines is 1. The van der Waals surface area contributed by atoms with Crippen LogP contribution in [0.4, 0.5) is 5.69 Å². The second kappa shape index (κ2) is 7.63. The van der Waals surface area contributed by atoms with Crippen molar-refractivity contribution in [3.8, 4) is 0 Å². The smallest absolute Gasteiger partial charge is 0.241 e. The molecule has 0 aromatic carbocycles. The van der Waals surface area contributed by atoms with Crippen LogP contribution >= 0.6 is 0 Å². The molecule has 1 aliphatic carbocycles. The minimum atomic E-state index is -0.0980. The Morgan fingerprint density at radius 1 is 1.16 bits per heavy atom. The van der Waals surface area contributed by atoms with Crippen LogP contribution in [0.5, 0.6) is 0 Å². The van der Waals surface area contributed by atoms with Gasteiger partial charge in [0.05, 0.1) is 6.54 Å². The molecule has 25 heavy (non-hydrogen) atoms. The van der Waals surface area contributed by atoms with Crippen LogP contribution < -0.4 is 10.6 Å². The number of nitrogens with zero attached hydrogens (tertiary/aromatic N) is 2. The maximum Gasteiger partial charge on any atom is 0.241 e. The van der Waals surface area contributed by atoms with Crippen LogP contribution in [0.1, 0.15) is 26.2 Å². The van der Waals surface area contributed by atoms with Gasteiger partial charge in [-0.25, -0.2) is 0 Å². The summed E-state index contributed by atoms with van der Waals surface area (Å²) in [5.41, 5.74) is 0.732. The van der Waals surface area contributed by atoms with Gasteiger partial charge >= 0.3 is 0 Å². The number of carbonyl (C=O) groups is 3. The quantitative estimate of drug-likeness (QED) is 0.835. The van der Waals surface area contributed by atoms with Crippen molar-refractivity contribution in [1.29, 1.82) is 0 Å². The molecule has 0 radical (unpaired) electrons. The Labute approximate surface area is 147 Å². The lowest BCUT2D eigenvalue weighted by Crippen LogP contribution is -2.45. The van der Waals surface area contributed by atoms with Crippen LogP contribution in [0.2, 0.25) is 0 Å². The van der Waals surface area contributed by atoms with E-state index in [-0.39, 0.29) is 36.1 Å². The van der Waals surface area contributed by atoms with Crippen LogP contribution in [0.3, 0.4) is 0 Å². The number of pyridine rings is 1. The van der Waals surface area contributed by atoms with Gasteiger partial charge in [-0.1, -0.05) is 6.92 Å². The van der Waals surface area contributed by atoms with Gasteiger partial charge in [-0.2, -0.15) is 0 Å². The monoisotopic (exact) mass is 344 g/mol. The number of carbonyl (C=O) groups excluding carboxylic acids is 3. The zero-order chi connectivity index (χ0) is 17.8. The molecule has 7 nitrogen and oxygen atoms in total. The molecule has 0 bridgehead atoms. The average molecular weight is 344 g/mol. The molecule has 2 aliphatic rings. The number of nitrogens with one attached hydrogen (secondary N) is 2. The summed E-state index contributed by atoms with van der Waals surface area (Å²) in [4.78, 5) is 41.9. The Bertz CT molecular complexity index is 641. The fraction of sp³-hybridized carbons (Fsp3) is 0.556. The molecule has 2 atom stereocenters. The Kier molecular flexibility index (Phi) is 5.31. The van der Waals surface area contributed by atoms with Gasteiger partial charge in [-0.3, -0.25) is 19.4 Å². The fourth-order valence-corrected chi connectivity index (χ4v) is 3.16. The first-order valence-corrected chi connectivity index (χ1v) is 8.81. The van der Waals surface area contributed by atoms with E-state index < -0.39 is 0 Å². The highest BCUT2D eigenvalue weighted by molar-refractivity contribution is 5.92. The van der Waals surface area contributed by atoms with Crippen molar-refractivity contribution >= 4 is 23.4 Å². The molecule has 134 valence electrons. The molecule has 1 aromatic heterocycles. The van der Waals surface area contributed by atoms with Crippen molar-refractivity contribution in [1.82, 2.24) is 15.2 Å². The third-order valence-corrected chi connectivity index (χ3v) is 5.03. The average Bonchev–Trinajstić information content (AvgIpc) is 3.37. The lowest BCUT2D eigenvalue weighted by atomic mass is 9.95. The summed E-state index contributed by atoms with van der Waals surface area (Å²) in [6, 6.07) is 3.50. The van der Waals surface area contributed by atoms with Gasteiger partial charge in [-0.05, 0) is 37.3 Å². The summed E-state index contributed by atoms with van der Waals surface area (Å²) in [7, 11) is 0. The number of amides is 3. The highest BCUT2D eigenvalue weighted by atomic mass is 16.2. The molecule has 7 heteroatoms. The van der Waals surface area contributed by atoms with Crippen LogP contribution in [-0.2, 0) is 14.4 Å². The summed E-state index contributed by atoms with van der Waals surface area (Å²) in [5.74, 6) is 0.302. The third kappa shape index (κ3) is 4.55. The SMILES string of the molecule is CC1CC1C(=O)NCC(=O)N1CCC(C(=O)Nc2ccncc2)CC1. The second-order valence-electron chi connectivity index (χ2n) is 6.92. The molecule has 1 aromatic rings. The molecule has 2 N–H and O–H groups in total. The van der Waals surface area contributed by atoms with E-state index in [0.29, 0.717) is 31.8 Å². The van der Waals surface area contributed by atoms with E-state index in [1.54, 1.807) is 29.4 Å². The Morgan fingerprint density at radius 3 is 2.40 bits per heavy atom. The number of piperidine rings is 1. The van der Waals surface area contributed by atoms with Crippen LogP contribution in [0.15, 0.2) is 24.5 Å². The molecular weight excluding hydrogens is 320 g/mol. The van der Waals surface area contributed by atoms with Gasteiger partial charge in [0.25, 0.3) is 0 Å². The maximum atomic E-state index is 12.3. The van der Waals surface area contributed by atoms with E-state index in [2.05, 4.69) is 15.6 Å². The fourth-order valence-electron chi connectivity index (χ4n) is 3.16. The minimum absolute atomic E-state index is 0.0191. The van der Waals surface area contributed by atoms with E-state index in [1.807, 2.05) is 6.92 Å². The molecule has 3 amide bonds. The van der Waals surface area contributed by atoms with Crippen LogP contribution in [0.25, 0.3) is 0 Å². The first kappa shape index (κ1) is 17.4. The first-order chi connectivity index (χ1) is 12.0. The predicted octanol–water partition coefficient (Wildman–Crippen LogP) is 1.03. The van der Waals surface area contributed by atoms with Gasteiger partial charge in [0.15, 0.2) is 0 Å². The molecule has 1 aliphatic heterocycles. The number of aromatic nitrogens is 1. The van der Waals surface area contributed by atoms with Crippen molar-refractivity contribution in [2.75, 3.05) is 25.0 Å². The molecule has 2 heterocycles. The van der Waals surface area contributed by atoms with E-state index in [0.717, 1.165) is 12.1 Å². The third-order valence-electron chi connectivity index (χ3n) is 5.03. The largest absolute Gasteiger partial charge is 0.347 e. The van der Waals surface area contributed by atoms with Crippen LogP contribution in [0, 0.1) is 17.8 Å². The highest BCUT2D eigenvalue weighted by Crippen LogP contribution is 2.37. The lowest BCUT2D eigenvalue weighted by molar-refractivity contribution is -0.135. The van der Waals surface area contributed by atoms with E-state index in [4.69, 9.17) is 0 Å². The Hall–Kier alpha value is -2.44. The van der Waals surface area contributed by atoms with Crippen LogP contribution in [-0.4, -0.2) is 47.2 Å². The predicted molar refractivity (Wildman–Crippen MR) is 92.5 cm³/mol. The summed E-state index contributed by atoms with van der Waals surface area (Å²) in [5, 5.41) is 5.60. The number of rotatable bonds is 5. The summed E-state index contributed by atoms with van der Waals surface area (Å²) >= 11 is 0. The van der Waals surface area contributed by atoms with Gasteiger partial charge in [0.2, 0.25) is 17.7 Å². The van der Waals surface area contributed by atoms with Crippen molar-refractivity contribution < 1.29 is 14.4 Å². The maximum absolute atomic E-state index is 12.3. The van der Waals surface area contributed by atoms with Crippen molar-refractivity contribution in [2.45, 2.75) is 26.2 Å². The van der Waals surface area contributed by atoms with Crippen molar-refractivity contribution in [3.63, 3.8) is 0 Å². The number of hydrogen-bond acceptors (Lipinski definition) is 4. The minimum Gasteiger partial charge on any atom is -0.347 e. The molecule has 3 rings (SSSR count). The molecule has 2 fully saturated rings. The zero-order valence-electron chi connectivity index (χ0n) is 14.4. The normalized spacial score (nSPS) is 23.0. The molecule has 0 spiro atoms. The summed E-state index contributed by atoms with van der Waals surface area (Å²) in [6.45, 7) is 3.18.